The largest absolute Gasteiger partial charge is 0.338 e. The number of fused-ring (bicyclic) bond motifs is 1. The molecule has 0 aliphatic carbocycles. The first kappa shape index (κ1) is 17.0. The minimum atomic E-state index is -0.721. The van der Waals surface area contributed by atoms with Crippen LogP contribution in [0.4, 0.5) is 0 Å². The number of hydrogen-bond acceptors (Lipinski definition) is 3. The van der Waals surface area contributed by atoms with Gasteiger partial charge in [0.1, 0.15) is 0 Å². The first-order valence-electron chi connectivity index (χ1n) is 5.81. The van der Waals surface area contributed by atoms with Gasteiger partial charge in [0, 0.05) is 25.7 Å². The Balaban J connectivity index is 0.00000128. The van der Waals surface area contributed by atoms with E-state index in [4.69, 9.17) is 5.73 Å². The summed E-state index contributed by atoms with van der Waals surface area (Å²) in [5, 5.41) is 0. The molecule has 2 fully saturated rings. The number of carbonyl (C=O) groups is 1. The monoisotopic (exact) mass is 283 g/mol. The summed E-state index contributed by atoms with van der Waals surface area (Å²) in [7, 11) is 0. The van der Waals surface area contributed by atoms with E-state index in [0.29, 0.717) is 6.04 Å². The Morgan fingerprint density at radius 3 is 2.47 bits per heavy atom. The van der Waals surface area contributed by atoms with E-state index in [1.54, 1.807) is 13.8 Å². The van der Waals surface area contributed by atoms with Gasteiger partial charge in [0.15, 0.2) is 0 Å². The Bertz CT molecular complexity index is 268. The third kappa shape index (κ3) is 3.71. The van der Waals surface area contributed by atoms with E-state index < -0.39 is 5.54 Å². The quantitative estimate of drug-likeness (QED) is 0.777. The Hall–Kier alpha value is -0.0300. The number of piperazine rings is 1. The molecule has 0 spiro atoms. The molecular formula is C11H23Cl2N3O. The third-order valence-corrected chi connectivity index (χ3v) is 3.43. The second kappa shape index (κ2) is 6.23. The standard InChI is InChI=1S/C11H21N3O.2ClH/c1-11(2,12)10(15)14-7-6-13-5-3-4-9(13)8-14;;/h9H,3-8,12H2,1-2H3;2*1H. The third-order valence-electron chi connectivity index (χ3n) is 3.43. The van der Waals surface area contributed by atoms with Gasteiger partial charge < -0.3 is 10.6 Å². The molecule has 0 aromatic heterocycles. The number of halogens is 2. The van der Waals surface area contributed by atoms with Crippen LogP contribution in [0.5, 0.6) is 0 Å². The van der Waals surface area contributed by atoms with Gasteiger partial charge in [-0.3, -0.25) is 9.69 Å². The molecule has 0 aromatic carbocycles. The van der Waals surface area contributed by atoms with Crippen LogP contribution in [0.3, 0.4) is 0 Å². The smallest absolute Gasteiger partial charge is 0.242 e. The molecule has 17 heavy (non-hydrogen) atoms. The second-order valence-electron chi connectivity index (χ2n) is 5.30. The van der Waals surface area contributed by atoms with Gasteiger partial charge in [-0.2, -0.15) is 0 Å². The predicted octanol–water partition coefficient (Wildman–Crippen LogP) is 0.874. The lowest BCUT2D eigenvalue weighted by molar-refractivity contribution is -0.138. The SMILES string of the molecule is CC(C)(N)C(=O)N1CCN2CCCC2C1.Cl.Cl. The van der Waals surface area contributed by atoms with Crippen LogP contribution in [0.1, 0.15) is 26.7 Å². The number of rotatable bonds is 1. The summed E-state index contributed by atoms with van der Waals surface area (Å²) in [6.07, 6.45) is 2.51. The lowest BCUT2D eigenvalue weighted by atomic mass is 10.0. The summed E-state index contributed by atoms with van der Waals surface area (Å²) in [4.78, 5) is 16.4. The number of carbonyl (C=O) groups excluding carboxylic acids is 1. The highest BCUT2D eigenvalue weighted by atomic mass is 35.5. The summed E-state index contributed by atoms with van der Waals surface area (Å²) in [6.45, 7) is 7.52. The van der Waals surface area contributed by atoms with Gasteiger partial charge in [-0.15, -0.1) is 24.8 Å². The van der Waals surface area contributed by atoms with Crippen LogP contribution in [0.2, 0.25) is 0 Å². The topological polar surface area (TPSA) is 49.6 Å². The van der Waals surface area contributed by atoms with Crippen molar-refractivity contribution in [1.29, 1.82) is 0 Å². The Labute approximate surface area is 116 Å². The summed E-state index contributed by atoms with van der Waals surface area (Å²) >= 11 is 0. The lowest BCUT2D eigenvalue weighted by Gasteiger charge is -2.39. The summed E-state index contributed by atoms with van der Waals surface area (Å²) in [6, 6.07) is 0.588. The molecule has 1 unspecified atom stereocenters. The molecule has 0 radical (unpaired) electrons. The molecule has 102 valence electrons. The Kier molecular flexibility index (Phi) is 6.22. The van der Waals surface area contributed by atoms with Crippen LogP contribution in [-0.2, 0) is 4.79 Å². The fourth-order valence-electron chi connectivity index (χ4n) is 2.58. The lowest BCUT2D eigenvalue weighted by Crippen LogP contribution is -2.58. The van der Waals surface area contributed by atoms with Gasteiger partial charge in [0.05, 0.1) is 5.54 Å². The molecule has 0 bridgehead atoms. The van der Waals surface area contributed by atoms with Gasteiger partial charge in [0.25, 0.3) is 0 Å². The van der Waals surface area contributed by atoms with Crippen molar-refractivity contribution in [3.05, 3.63) is 0 Å². The molecular weight excluding hydrogens is 261 g/mol. The van der Waals surface area contributed by atoms with Gasteiger partial charge >= 0.3 is 0 Å². The zero-order valence-corrected chi connectivity index (χ0v) is 12.1. The molecule has 1 atom stereocenters. The zero-order valence-electron chi connectivity index (χ0n) is 10.5. The number of hydrogen-bond donors (Lipinski definition) is 1. The van der Waals surface area contributed by atoms with Gasteiger partial charge in [-0.25, -0.2) is 0 Å². The first-order chi connectivity index (χ1) is 6.98. The van der Waals surface area contributed by atoms with Gasteiger partial charge in [-0.1, -0.05) is 0 Å². The van der Waals surface area contributed by atoms with Crippen molar-refractivity contribution in [2.24, 2.45) is 5.73 Å². The van der Waals surface area contributed by atoms with E-state index in [-0.39, 0.29) is 30.7 Å². The van der Waals surface area contributed by atoms with E-state index in [1.165, 1.54) is 19.4 Å². The number of nitrogens with zero attached hydrogens (tertiary/aromatic N) is 2. The molecule has 1 amide bonds. The fourth-order valence-corrected chi connectivity index (χ4v) is 2.58. The van der Waals surface area contributed by atoms with Gasteiger partial charge in [-0.05, 0) is 33.2 Å². The minimum absolute atomic E-state index is 0. The summed E-state index contributed by atoms with van der Waals surface area (Å²) < 4.78 is 0. The average molecular weight is 284 g/mol. The van der Waals surface area contributed by atoms with Crippen molar-refractivity contribution in [3.8, 4) is 0 Å². The zero-order chi connectivity index (χ0) is 11.1. The van der Waals surface area contributed by atoms with Crippen molar-refractivity contribution in [2.45, 2.75) is 38.3 Å². The van der Waals surface area contributed by atoms with Crippen LogP contribution >= 0.6 is 24.8 Å². The molecule has 2 rings (SSSR count). The molecule has 0 aromatic rings. The summed E-state index contributed by atoms with van der Waals surface area (Å²) in [5.74, 6) is 0.0917. The van der Waals surface area contributed by atoms with Crippen LogP contribution < -0.4 is 5.73 Å². The van der Waals surface area contributed by atoms with Crippen LogP contribution in [0.25, 0.3) is 0 Å². The Morgan fingerprint density at radius 1 is 1.24 bits per heavy atom. The van der Waals surface area contributed by atoms with Crippen molar-refractivity contribution in [1.82, 2.24) is 9.80 Å². The van der Waals surface area contributed by atoms with Gasteiger partial charge in [0.2, 0.25) is 5.91 Å². The molecule has 2 heterocycles. The second-order valence-corrected chi connectivity index (χ2v) is 5.30. The highest BCUT2D eigenvalue weighted by Crippen LogP contribution is 2.22. The maximum Gasteiger partial charge on any atom is 0.242 e. The fraction of sp³-hybridized carbons (Fsp3) is 0.909. The van der Waals surface area contributed by atoms with Crippen molar-refractivity contribution in [3.63, 3.8) is 0 Å². The average Bonchev–Trinajstić information content (AvgIpc) is 2.61. The molecule has 4 nitrogen and oxygen atoms in total. The highest BCUT2D eigenvalue weighted by molar-refractivity contribution is 5.86. The van der Waals surface area contributed by atoms with E-state index in [2.05, 4.69) is 4.90 Å². The first-order valence-corrected chi connectivity index (χ1v) is 5.81. The van der Waals surface area contributed by atoms with Crippen LogP contribution in [-0.4, -0.2) is 53.5 Å². The Morgan fingerprint density at radius 2 is 1.88 bits per heavy atom. The van der Waals surface area contributed by atoms with Crippen molar-refractivity contribution >= 4 is 30.7 Å². The molecule has 2 N–H and O–H groups in total. The summed E-state index contributed by atoms with van der Waals surface area (Å²) in [5.41, 5.74) is 5.12. The number of amides is 1. The van der Waals surface area contributed by atoms with Crippen molar-refractivity contribution < 1.29 is 4.79 Å². The van der Waals surface area contributed by atoms with Crippen molar-refractivity contribution in [2.75, 3.05) is 26.2 Å². The molecule has 2 saturated heterocycles. The normalized spacial score (nSPS) is 24.6. The number of nitrogens with two attached hydrogens (primary N) is 1. The van der Waals surface area contributed by atoms with Crippen LogP contribution in [0, 0.1) is 0 Å². The van der Waals surface area contributed by atoms with E-state index in [0.717, 1.165) is 19.6 Å². The van der Waals surface area contributed by atoms with Crippen LogP contribution in [0.15, 0.2) is 0 Å². The van der Waals surface area contributed by atoms with E-state index in [9.17, 15) is 4.79 Å². The predicted molar refractivity (Wildman–Crippen MR) is 73.9 cm³/mol. The molecule has 0 saturated carbocycles. The molecule has 6 heteroatoms. The van der Waals surface area contributed by atoms with E-state index >= 15 is 0 Å². The maximum atomic E-state index is 12.0. The highest BCUT2D eigenvalue weighted by Gasteiger charge is 2.36. The maximum absolute atomic E-state index is 12.0. The minimum Gasteiger partial charge on any atom is -0.338 e. The molecule has 2 aliphatic heterocycles. The molecule has 2 aliphatic rings. The van der Waals surface area contributed by atoms with E-state index in [1.807, 2.05) is 4.90 Å².